The Morgan fingerprint density at radius 1 is 1.59 bits per heavy atom. The Hall–Kier alpha value is -1.36. The normalized spacial score (nSPS) is 17.1. The van der Waals surface area contributed by atoms with Gasteiger partial charge < -0.3 is 10.6 Å². The number of hydrogen-bond acceptors (Lipinski definition) is 3. The molecule has 5 heteroatoms. The van der Waals surface area contributed by atoms with Crippen LogP contribution in [0.25, 0.3) is 0 Å². The molecular weight excluding hydrogens is 216 g/mol. The fraction of sp³-hybridized carbons (Fsp3) is 0.667. The van der Waals surface area contributed by atoms with Crippen molar-refractivity contribution in [3.8, 4) is 0 Å². The van der Waals surface area contributed by atoms with Gasteiger partial charge in [-0.1, -0.05) is 0 Å². The average Bonchev–Trinajstić information content (AvgIpc) is 2.58. The predicted octanol–water partition coefficient (Wildman–Crippen LogP) is 1.06. The van der Waals surface area contributed by atoms with Gasteiger partial charge in [-0.2, -0.15) is 5.10 Å². The highest BCUT2D eigenvalue weighted by molar-refractivity contribution is 5.90. The van der Waals surface area contributed by atoms with Crippen LogP contribution in [-0.4, -0.2) is 28.8 Å². The molecule has 0 spiro atoms. The van der Waals surface area contributed by atoms with Crippen molar-refractivity contribution in [3.63, 3.8) is 0 Å². The molecule has 0 aromatic carbocycles. The summed E-state index contributed by atoms with van der Waals surface area (Å²) >= 11 is 0. The number of nitrogens with one attached hydrogen (secondary N) is 2. The molecule has 0 bridgehead atoms. The third kappa shape index (κ3) is 3.30. The Labute approximate surface area is 102 Å². The minimum absolute atomic E-state index is 0.0971. The van der Waals surface area contributed by atoms with E-state index >= 15 is 0 Å². The van der Waals surface area contributed by atoms with E-state index in [4.69, 9.17) is 0 Å². The summed E-state index contributed by atoms with van der Waals surface area (Å²) in [4.78, 5) is 11.9. The molecule has 0 aliphatic carbocycles. The van der Waals surface area contributed by atoms with Gasteiger partial charge in [0.15, 0.2) is 0 Å². The molecular formula is C12H20N4O. The summed E-state index contributed by atoms with van der Waals surface area (Å²) in [5.74, 6) is 1.40. The van der Waals surface area contributed by atoms with E-state index in [2.05, 4.69) is 15.7 Å². The van der Waals surface area contributed by atoms with E-state index in [1.807, 2.05) is 20.0 Å². The van der Waals surface area contributed by atoms with Crippen LogP contribution >= 0.6 is 0 Å². The molecule has 1 aliphatic heterocycles. The van der Waals surface area contributed by atoms with E-state index in [-0.39, 0.29) is 5.91 Å². The number of aromatic nitrogens is 2. The van der Waals surface area contributed by atoms with Gasteiger partial charge >= 0.3 is 0 Å². The second-order valence-electron chi connectivity index (χ2n) is 4.74. The van der Waals surface area contributed by atoms with E-state index in [0.717, 1.165) is 37.4 Å². The van der Waals surface area contributed by atoms with Gasteiger partial charge in [0, 0.05) is 19.5 Å². The first-order valence-corrected chi connectivity index (χ1v) is 6.16. The van der Waals surface area contributed by atoms with E-state index in [1.54, 1.807) is 4.68 Å². The van der Waals surface area contributed by atoms with Gasteiger partial charge in [0.2, 0.25) is 5.91 Å². The van der Waals surface area contributed by atoms with E-state index in [9.17, 15) is 4.79 Å². The van der Waals surface area contributed by atoms with E-state index in [1.165, 1.54) is 0 Å². The second kappa shape index (κ2) is 5.31. The number of amides is 1. The molecule has 5 nitrogen and oxygen atoms in total. The molecule has 2 N–H and O–H groups in total. The van der Waals surface area contributed by atoms with Crippen LogP contribution in [0.5, 0.6) is 0 Å². The Morgan fingerprint density at radius 3 is 2.88 bits per heavy atom. The smallest absolute Gasteiger partial charge is 0.225 e. The second-order valence-corrected chi connectivity index (χ2v) is 4.74. The standard InChI is InChI=1S/C12H20N4O/c1-9-7-11(16(2)15-9)14-12(17)8-10-3-5-13-6-4-10/h7,10,13H,3-6,8H2,1-2H3,(H,14,17). The lowest BCUT2D eigenvalue weighted by Gasteiger charge is -2.21. The van der Waals surface area contributed by atoms with Crippen LogP contribution in [-0.2, 0) is 11.8 Å². The molecule has 0 radical (unpaired) electrons. The molecule has 1 aromatic heterocycles. The van der Waals surface area contributed by atoms with Crippen molar-refractivity contribution in [1.29, 1.82) is 0 Å². The zero-order chi connectivity index (χ0) is 12.3. The quantitative estimate of drug-likeness (QED) is 0.825. The number of carbonyl (C=O) groups is 1. The van der Waals surface area contributed by atoms with Crippen LogP contribution in [0.15, 0.2) is 6.07 Å². The SMILES string of the molecule is Cc1cc(NC(=O)CC2CCNCC2)n(C)n1. The van der Waals surface area contributed by atoms with E-state index < -0.39 is 0 Å². The Bertz CT molecular complexity index is 393. The van der Waals surface area contributed by atoms with Crippen molar-refractivity contribution in [2.75, 3.05) is 18.4 Å². The maximum Gasteiger partial charge on any atom is 0.225 e. The third-order valence-electron chi connectivity index (χ3n) is 3.20. The number of hydrogen-bond donors (Lipinski definition) is 2. The number of rotatable bonds is 3. The lowest BCUT2D eigenvalue weighted by Crippen LogP contribution is -2.30. The van der Waals surface area contributed by atoms with Gasteiger partial charge in [-0.25, -0.2) is 0 Å². The number of anilines is 1. The van der Waals surface area contributed by atoms with Crippen LogP contribution in [0.2, 0.25) is 0 Å². The zero-order valence-corrected chi connectivity index (χ0v) is 10.5. The monoisotopic (exact) mass is 236 g/mol. The zero-order valence-electron chi connectivity index (χ0n) is 10.5. The van der Waals surface area contributed by atoms with Crippen LogP contribution < -0.4 is 10.6 Å². The van der Waals surface area contributed by atoms with Crippen molar-refractivity contribution in [2.24, 2.45) is 13.0 Å². The van der Waals surface area contributed by atoms with Gasteiger partial charge in [0.05, 0.1) is 5.69 Å². The molecule has 0 unspecified atom stereocenters. The lowest BCUT2D eigenvalue weighted by molar-refractivity contribution is -0.117. The molecule has 94 valence electrons. The largest absolute Gasteiger partial charge is 0.317 e. The van der Waals surface area contributed by atoms with Crippen LogP contribution in [0.1, 0.15) is 25.0 Å². The van der Waals surface area contributed by atoms with Gasteiger partial charge in [-0.3, -0.25) is 9.48 Å². The molecule has 2 rings (SSSR count). The highest BCUT2D eigenvalue weighted by Gasteiger charge is 2.17. The van der Waals surface area contributed by atoms with Crippen molar-refractivity contribution in [2.45, 2.75) is 26.2 Å². The summed E-state index contributed by atoms with van der Waals surface area (Å²) in [5.41, 5.74) is 0.921. The van der Waals surface area contributed by atoms with Crippen molar-refractivity contribution in [1.82, 2.24) is 15.1 Å². The van der Waals surface area contributed by atoms with Crippen LogP contribution in [0, 0.1) is 12.8 Å². The van der Waals surface area contributed by atoms with Gasteiger partial charge in [0.25, 0.3) is 0 Å². The highest BCUT2D eigenvalue weighted by atomic mass is 16.1. The Morgan fingerprint density at radius 2 is 2.29 bits per heavy atom. The minimum atomic E-state index is 0.0971. The molecule has 1 saturated heterocycles. The molecule has 1 aliphatic rings. The topological polar surface area (TPSA) is 59.0 Å². The molecule has 1 aromatic rings. The highest BCUT2D eigenvalue weighted by Crippen LogP contribution is 2.17. The maximum atomic E-state index is 11.9. The van der Waals surface area contributed by atoms with Crippen LogP contribution in [0.4, 0.5) is 5.82 Å². The first kappa shape index (κ1) is 12.1. The number of carbonyl (C=O) groups excluding carboxylic acids is 1. The van der Waals surface area contributed by atoms with Gasteiger partial charge in [-0.15, -0.1) is 0 Å². The molecule has 2 heterocycles. The summed E-state index contributed by atoms with van der Waals surface area (Å²) in [6.07, 6.45) is 2.81. The Balaban J connectivity index is 1.86. The molecule has 1 amide bonds. The van der Waals surface area contributed by atoms with Gasteiger partial charge in [0.1, 0.15) is 5.82 Å². The lowest BCUT2D eigenvalue weighted by atomic mass is 9.94. The number of nitrogens with zero attached hydrogens (tertiary/aromatic N) is 2. The Kier molecular flexibility index (Phi) is 3.78. The molecule has 0 atom stereocenters. The third-order valence-corrected chi connectivity index (χ3v) is 3.20. The van der Waals surface area contributed by atoms with E-state index in [0.29, 0.717) is 12.3 Å². The molecule has 0 saturated carbocycles. The fourth-order valence-electron chi connectivity index (χ4n) is 2.27. The summed E-state index contributed by atoms with van der Waals surface area (Å²) < 4.78 is 1.70. The summed E-state index contributed by atoms with van der Waals surface area (Å²) in [6, 6.07) is 1.89. The number of piperidine rings is 1. The first-order valence-electron chi connectivity index (χ1n) is 6.16. The van der Waals surface area contributed by atoms with Crippen molar-refractivity contribution in [3.05, 3.63) is 11.8 Å². The summed E-state index contributed by atoms with van der Waals surface area (Å²) in [6.45, 7) is 3.98. The minimum Gasteiger partial charge on any atom is -0.317 e. The summed E-state index contributed by atoms with van der Waals surface area (Å²) in [5, 5.41) is 10.4. The van der Waals surface area contributed by atoms with Gasteiger partial charge in [-0.05, 0) is 38.8 Å². The van der Waals surface area contributed by atoms with Crippen molar-refractivity contribution < 1.29 is 4.79 Å². The maximum absolute atomic E-state index is 11.9. The fourth-order valence-corrected chi connectivity index (χ4v) is 2.27. The van der Waals surface area contributed by atoms with Crippen molar-refractivity contribution >= 4 is 11.7 Å². The number of aryl methyl sites for hydroxylation is 2. The molecule has 17 heavy (non-hydrogen) atoms. The average molecular weight is 236 g/mol. The van der Waals surface area contributed by atoms with Crippen LogP contribution in [0.3, 0.4) is 0 Å². The molecule has 1 fully saturated rings. The predicted molar refractivity (Wildman–Crippen MR) is 66.8 cm³/mol. The first-order chi connectivity index (χ1) is 8.15. The summed E-state index contributed by atoms with van der Waals surface area (Å²) in [7, 11) is 1.84.